The summed E-state index contributed by atoms with van der Waals surface area (Å²) in [5, 5.41) is 3.41. The molecule has 1 saturated heterocycles. The second kappa shape index (κ2) is 9.51. The topological polar surface area (TPSA) is 41.6 Å². The Morgan fingerprint density at radius 2 is 1.85 bits per heavy atom. The Bertz CT molecular complexity index is 669. The standard InChI is InChI=1S/C22H28N2O2/c1-2-22(25)24(19-11-7-4-8-12-19)20(21-17-23-15-16-26-21)14-13-18-9-5-3-6-10-18/h3-12,20-21,23H,2,13-17H2,1H3. The highest BCUT2D eigenvalue weighted by Crippen LogP contribution is 2.25. The molecule has 0 aromatic heterocycles. The lowest BCUT2D eigenvalue weighted by Gasteiger charge is -2.39. The van der Waals surface area contributed by atoms with E-state index in [9.17, 15) is 4.79 Å². The van der Waals surface area contributed by atoms with Crippen LogP contribution in [-0.2, 0) is 16.0 Å². The van der Waals surface area contributed by atoms with E-state index in [2.05, 4.69) is 29.6 Å². The smallest absolute Gasteiger partial charge is 0.227 e. The molecule has 2 aromatic carbocycles. The number of aryl methyl sites for hydroxylation is 1. The van der Waals surface area contributed by atoms with Gasteiger partial charge in [0.15, 0.2) is 0 Å². The molecule has 0 radical (unpaired) electrons. The minimum atomic E-state index is 0.00293. The molecule has 1 fully saturated rings. The SMILES string of the molecule is CCC(=O)N(c1ccccc1)C(CCc1ccccc1)C1CNCCO1. The molecule has 138 valence electrons. The maximum absolute atomic E-state index is 12.9. The molecule has 0 aliphatic carbocycles. The van der Waals surface area contributed by atoms with Gasteiger partial charge in [0.2, 0.25) is 5.91 Å². The van der Waals surface area contributed by atoms with Gasteiger partial charge < -0.3 is 15.0 Å². The van der Waals surface area contributed by atoms with Gasteiger partial charge in [0.05, 0.1) is 18.8 Å². The van der Waals surface area contributed by atoms with Gasteiger partial charge in [-0.15, -0.1) is 0 Å². The number of para-hydroxylation sites is 1. The van der Waals surface area contributed by atoms with Crippen molar-refractivity contribution in [1.82, 2.24) is 5.32 Å². The maximum atomic E-state index is 12.9. The monoisotopic (exact) mass is 352 g/mol. The summed E-state index contributed by atoms with van der Waals surface area (Å²) >= 11 is 0. The number of benzene rings is 2. The number of nitrogens with zero attached hydrogens (tertiary/aromatic N) is 1. The Kier molecular flexibility index (Phi) is 6.81. The number of hydrogen-bond donors (Lipinski definition) is 1. The number of anilines is 1. The fourth-order valence-electron chi connectivity index (χ4n) is 3.55. The fourth-order valence-corrected chi connectivity index (χ4v) is 3.55. The van der Waals surface area contributed by atoms with Gasteiger partial charge in [-0.25, -0.2) is 0 Å². The van der Waals surface area contributed by atoms with Crippen LogP contribution in [0.1, 0.15) is 25.3 Å². The van der Waals surface area contributed by atoms with Crippen LogP contribution < -0.4 is 10.2 Å². The predicted octanol–water partition coefficient (Wildman–Crippen LogP) is 3.42. The quantitative estimate of drug-likeness (QED) is 0.830. The van der Waals surface area contributed by atoms with Gasteiger partial charge in [-0.3, -0.25) is 4.79 Å². The second-order valence-electron chi connectivity index (χ2n) is 6.66. The molecule has 26 heavy (non-hydrogen) atoms. The molecule has 1 heterocycles. The third-order valence-corrected chi connectivity index (χ3v) is 4.89. The van der Waals surface area contributed by atoms with E-state index in [0.29, 0.717) is 13.0 Å². The van der Waals surface area contributed by atoms with Crippen molar-refractivity contribution in [2.45, 2.75) is 38.3 Å². The largest absolute Gasteiger partial charge is 0.373 e. The van der Waals surface area contributed by atoms with E-state index >= 15 is 0 Å². The highest BCUT2D eigenvalue weighted by Gasteiger charge is 2.32. The minimum absolute atomic E-state index is 0.00293. The molecule has 1 amide bonds. The number of ether oxygens (including phenoxy) is 1. The Hall–Kier alpha value is -2.17. The normalized spacial score (nSPS) is 18.3. The third kappa shape index (κ3) is 4.71. The van der Waals surface area contributed by atoms with Gasteiger partial charge in [-0.2, -0.15) is 0 Å². The molecule has 2 atom stereocenters. The van der Waals surface area contributed by atoms with Crippen LogP contribution in [0.3, 0.4) is 0 Å². The van der Waals surface area contributed by atoms with Crippen molar-refractivity contribution in [1.29, 1.82) is 0 Å². The molecule has 1 aliphatic heterocycles. The number of hydrogen-bond acceptors (Lipinski definition) is 3. The van der Waals surface area contributed by atoms with Crippen LogP contribution in [0.25, 0.3) is 0 Å². The van der Waals surface area contributed by atoms with Crippen molar-refractivity contribution in [3.8, 4) is 0 Å². The lowest BCUT2D eigenvalue weighted by molar-refractivity contribution is -0.119. The second-order valence-corrected chi connectivity index (χ2v) is 6.66. The van der Waals surface area contributed by atoms with E-state index in [1.807, 2.05) is 48.2 Å². The first kappa shape index (κ1) is 18.6. The Labute approximate surface area is 156 Å². The van der Waals surface area contributed by atoms with E-state index in [-0.39, 0.29) is 18.1 Å². The van der Waals surface area contributed by atoms with Gasteiger partial charge in [0.1, 0.15) is 0 Å². The summed E-state index contributed by atoms with van der Waals surface area (Å²) in [4.78, 5) is 14.8. The Balaban J connectivity index is 1.86. The number of rotatable bonds is 7. The van der Waals surface area contributed by atoms with Gasteiger partial charge in [0.25, 0.3) is 0 Å². The average molecular weight is 352 g/mol. The van der Waals surface area contributed by atoms with E-state index in [4.69, 9.17) is 4.74 Å². The van der Waals surface area contributed by atoms with Crippen LogP contribution in [0, 0.1) is 0 Å². The first-order valence-corrected chi connectivity index (χ1v) is 9.53. The van der Waals surface area contributed by atoms with Crippen LogP contribution in [-0.4, -0.2) is 37.7 Å². The van der Waals surface area contributed by atoms with Crippen molar-refractivity contribution >= 4 is 11.6 Å². The molecule has 4 heteroatoms. The summed E-state index contributed by atoms with van der Waals surface area (Å²) in [6, 6.07) is 20.4. The summed E-state index contributed by atoms with van der Waals surface area (Å²) in [6.07, 6.45) is 2.28. The highest BCUT2D eigenvalue weighted by atomic mass is 16.5. The van der Waals surface area contributed by atoms with Gasteiger partial charge in [-0.1, -0.05) is 55.5 Å². The van der Waals surface area contributed by atoms with Crippen molar-refractivity contribution in [3.63, 3.8) is 0 Å². The molecular formula is C22H28N2O2. The Morgan fingerprint density at radius 1 is 1.15 bits per heavy atom. The summed E-state index contributed by atoms with van der Waals surface area (Å²) in [7, 11) is 0. The summed E-state index contributed by atoms with van der Waals surface area (Å²) in [5.74, 6) is 0.142. The molecule has 0 spiro atoms. The van der Waals surface area contributed by atoms with Gasteiger partial charge in [-0.05, 0) is 30.5 Å². The van der Waals surface area contributed by atoms with Crippen LogP contribution in [0.5, 0.6) is 0 Å². The molecule has 0 saturated carbocycles. The average Bonchev–Trinajstić information content (AvgIpc) is 2.72. The van der Waals surface area contributed by atoms with E-state index in [1.165, 1.54) is 5.56 Å². The predicted molar refractivity (Wildman–Crippen MR) is 105 cm³/mol. The number of carbonyl (C=O) groups is 1. The number of morpholine rings is 1. The van der Waals surface area contributed by atoms with E-state index < -0.39 is 0 Å². The molecule has 1 N–H and O–H groups in total. The van der Waals surface area contributed by atoms with Crippen molar-refractivity contribution in [2.75, 3.05) is 24.6 Å². The lowest BCUT2D eigenvalue weighted by Crippen LogP contribution is -2.54. The molecule has 4 nitrogen and oxygen atoms in total. The molecular weight excluding hydrogens is 324 g/mol. The van der Waals surface area contributed by atoms with Crippen molar-refractivity contribution in [3.05, 3.63) is 66.2 Å². The van der Waals surface area contributed by atoms with Gasteiger partial charge >= 0.3 is 0 Å². The number of carbonyl (C=O) groups excluding carboxylic acids is 1. The zero-order chi connectivity index (χ0) is 18.2. The number of nitrogens with one attached hydrogen (secondary N) is 1. The van der Waals surface area contributed by atoms with E-state index in [1.54, 1.807) is 0 Å². The zero-order valence-electron chi connectivity index (χ0n) is 15.4. The highest BCUT2D eigenvalue weighted by molar-refractivity contribution is 5.93. The summed E-state index contributed by atoms with van der Waals surface area (Å²) < 4.78 is 6.07. The van der Waals surface area contributed by atoms with Crippen LogP contribution in [0.4, 0.5) is 5.69 Å². The molecule has 2 aromatic rings. The van der Waals surface area contributed by atoms with Crippen molar-refractivity contribution < 1.29 is 9.53 Å². The molecule has 3 rings (SSSR count). The first-order valence-electron chi connectivity index (χ1n) is 9.53. The van der Waals surface area contributed by atoms with Gasteiger partial charge in [0, 0.05) is 25.2 Å². The van der Waals surface area contributed by atoms with Crippen molar-refractivity contribution in [2.24, 2.45) is 0 Å². The third-order valence-electron chi connectivity index (χ3n) is 4.89. The van der Waals surface area contributed by atoms with Crippen LogP contribution in [0.15, 0.2) is 60.7 Å². The fraction of sp³-hybridized carbons (Fsp3) is 0.409. The minimum Gasteiger partial charge on any atom is -0.373 e. The van der Waals surface area contributed by atoms with Crippen LogP contribution >= 0.6 is 0 Å². The summed E-state index contributed by atoms with van der Waals surface area (Å²) in [6.45, 7) is 4.26. The first-order chi connectivity index (χ1) is 12.8. The molecule has 0 bridgehead atoms. The maximum Gasteiger partial charge on any atom is 0.227 e. The summed E-state index contributed by atoms with van der Waals surface area (Å²) in [5.41, 5.74) is 2.24. The Morgan fingerprint density at radius 3 is 2.46 bits per heavy atom. The molecule has 2 unspecified atom stereocenters. The zero-order valence-corrected chi connectivity index (χ0v) is 15.4. The lowest BCUT2D eigenvalue weighted by atomic mass is 9.97. The number of amides is 1. The van der Waals surface area contributed by atoms with Crippen LogP contribution in [0.2, 0.25) is 0 Å². The molecule has 1 aliphatic rings. The van der Waals surface area contributed by atoms with E-state index in [0.717, 1.165) is 31.6 Å².